The van der Waals surface area contributed by atoms with E-state index in [4.69, 9.17) is 16.7 Å². The molecule has 1 aromatic heterocycles. The van der Waals surface area contributed by atoms with Crippen LogP contribution in [0.1, 0.15) is 51.3 Å². The first kappa shape index (κ1) is 16.5. The van der Waals surface area contributed by atoms with E-state index in [1.165, 1.54) is 0 Å². The van der Waals surface area contributed by atoms with Gasteiger partial charge >= 0.3 is 0 Å². The molecule has 0 aliphatic carbocycles. The summed E-state index contributed by atoms with van der Waals surface area (Å²) in [7, 11) is 1.87. The molecule has 4 nitrogen and oxygen atoms in total. The summed E-state index contributed by atoms with van der Waals surface area (Å²) in [6.45, 7) is 10.3. The van der Waals surface area contributed by atoms with Crippen LogP contribution in [0.4, 0.5) is 0 Å². The third kappa shape index (κ3) is 4.48. The van der Waals surface area contributed by atoms with Crippen molar-refractivity contribution in [3.05, 3.63) is 16.4 Å². The van der Waals surface area contributed by atoms with E-state index in [1.54, 1.807) is 4.68 Å². The quantitative estimate of drug-likeness (QED) is 0.811. The fourth-order valence-electron chi connectivity index (χ4n) is 2.11. The molecule has 19 heavy (non-hydrogen) atoms. The van der Waals surface area contributed by atoms with E-state index < -0.39 is 0 Å². The minimum Gasteiger partial charge on any atom is -0.396 e. The normalized spacial score (nSPS) is 12.4. The fourth-order valence-corrected chi connectivity index (χ4v) is 2.31. The van der Waals surface area contributed by atoms with Gasteiger partial charge in [-0.25, -0.2) is 0 Å². The number of aromatic nitrogens is 2. The highest BCUT2D eigenvalue weighted by Gasteiger charge is 2.19. The van der Waals surface area contributed by atoms with Crippen LogP contribution in [0.2, 0.25) is 5.15 Å². The SMILES string of the molecule is CC(C)c1nn(C)c(Cl)c1CNCC(C)(C)CCO. The molecule has 0 aliphatic heterocycles. The molecule has 0 aliphatic rings. The van der Waals surface area contributed by atoms with Crippen LogP contribution in [-0.4, -0.2) is 28.0 Å². The molecule has 0 fully saturated rings. The Balaban J connectivity index is 2.68. The Hall–Kier alpha value is -0.580. The van der Waals surface area contributed by atoms with Gasteiger partial charge in [0.25, 0.3) is 0 Å². The number of hydrogen-bond acceptors (Lipinski definition) is 3. The van der Waals surface area contributed by atoms with Crippen LogP contribution in [0.5, 0.6) is 0 Å². The summed E-state index contributed by atoms with van der Waals surface area (Å²) in [6, 6.07) is 0. The molecule has 1 rings (SSSR count). The van der Waals surface area contributed by atoms with Crippen molar-refractivity contribution in [3.8, 4) is 0 Å². The summed E-state index contributed by atoms with van der Waals surface area (Å²) in [5.41, 5.74) is 2.22. The van der Waals surface area contributed by atoms with E-state index in [9.17, 15) is 0 Å². The molecule has 0 saturated heterocycles. The summed E-state index contributed by atoms with van der Waals surface area (Å²) in [4.78, 5) is 0. The molecular formula is C14H26ClN3O. The van der Waals surface area contributed by atoms with Gasteiger partial charge in [0.2, 0.25) is 0 Å². The molecule has 0 atom stereocenters. The zero-order chi connectivity index (χ0) is 14.6. The van der Waals surface area contributed by atoms with Gasteiger partial charge in [-0.1, -0.05) is 39.3 Å². The third-order valence-corrected chi connectivity index (χ3v) is 3.81. The second-order valence-corrected chi connectivity index (χ2v) is 6.53. The molecule has 0 radical (unpaired) electrons. The predicted molar refractivity (Wildman–Crippen MR) is 79.5 cm³/mol. The van der Waals surface area contributed by atoms with Crippen molar-refractivity contribution >= 4 is 11.6 Å². The van der Waals surface area contributed by atoms with E-state index in [-0.39, 0.29) is 12.0 Å². The molecule has 110 valence electrons. The molecule has 1 heterocycles. The first-order valence-corrected chi connectivity index (χ1v) is 7.19. The lowest BCUT2D eigenvalue weighted by molar-refractivity contribution is 0.207. The van der Waals surface area contributed by atoms with Gasteiger partial charge in [0.15, 0.2) is 0 Å². The van der Waals surface area contributed by atoms with Gasteiger partial charge in [-0.05, 0) is 17.8 Å². The average Bonchev–Trinajstić information content (AvgIpc) is 2.57. The Labute approximate surface area is 121 Å². The molecule has 0 unspecified atom stereocenters. The number of nitrogens with one attached hydrogen (secondary N) is 1. The van der Waals surface area contributed by atoms with E-state index in [2.05, 4.69) is 38.1 Å². The monoisotopic (exact) mass is 287 g/mol. The van der Waals surface area contributed by atoms with Crippen molar-refractivity contribution in [1.82, 2.24) is 15.1 Å². The Morgan fingerprint density at radius 3 is 2.58 bits per heavy atom. The van der Waals surface area contributed by atoms with Gasteiger partial charge in [0.05, 0.1) is 5.69 Å². The smallest absolute Gasteiger partial charge is 0.131 e. The highest BCUT2D eigenvalue weighted by Crippen LogP contribution is 2.25. The highest BCUT2D eigenvalue weighted by molar-refractivity contribution is 6.30. The summed E-state index contributed by atoms with van der Waals surface area (Å²) >= 11 is 6.29. The van der Waals surface area contributed by atoms with Gasteiger partial charge in [-0.2, -0.15) is 5.10 Å². The topological polar surface area (TPSA) is 50.1 Å². The number of nitrogens with zero attached hydrogens (tertiary/aromatic N) is 2. The van der Waals surface area contributed by atoms with Crippen LogP contribution in [0.15, 0.2) is 0 Å². The van der Waals surface area contributed by atoms with Crippen LogP contribution in [0.3, 0.4) is 0 Å². The molecule has 0 saturated carbocycles. The fraction of sp³-hybridized carbons (Fsp3) is 0.786. The molecule has 0 amide bonds. The Morgan fingerprint density at radius 1 is 1.42 bits per heavy atom. The van der Waals surface area contributed by atoms with Gasteiger partial charge in [0.1, 0.15) is 5.15 Å². The van der Waals surface area contributed by atoms with E-state index in [0.29, 0.717) is 11.1 Å². The standard InChI is InChI=1S/C14H26ClN3O/c1-10(2)12-11(13(15)18(5)17-12)8-16-9-14(3,4)6-7-19/h10,16,19H,6-9H2,1-5H3. The lowest BCUT2D eigenvalue weighted by Gasteiger charge is -2.24. The molecule has 0 bridgehead atoms. The molecule has 1 aromatic rings. The number of aliphatic hydroxyl groups is 1. The first-order valence-electron chi connectivity index (χ1n) is 6.81. The molecule has 0 spiro atoms. The lowest BCUT2D eigenvalue weighted by Crippen LogP contribution is -2.30. The van der Waals surface area contributed by atoms with E-state index >= 15 is 0 Å². The minimum absolute atomic E-state index is 0.0848. The van der Waals surface area contributed by atoms with Crippen molar-refractivity contribution in [2.75, 3.05) is 13.2 Å². The Morgan fingerprint density at radius 2 is 2.05 bits per heavy atom. The molecular weight excluding hydrogens is 262 g/mol. The maximum atomic E-state index is 9.02. The van der Waals surface area contributed by atoms with Crippen molar-refractivity contribution in [3.63, 3.8) is 0 Å². The number of halogens is 1. The van der Waals surface area contributed by atoms with Crippen molar-refractivity contribution in [1.29, 1.82) is 0 Å². The lowest BCUT2D eigenvalue weighted by atomic mass is 9.89. The Kier molecular flexibility index (Phi) is 5.83. The highest BCUT2D eigenvalue weighted by atomic mass is 35.5. The maximum absolute atomic E-state index is 9.02. The zero-order valence-corrected chi connectivity index (χ0v) is 13.4. The predicted octanol–water partition coefficient (Wildman–Crippen LogP) is 2.70. The number of hydrogen-bond donors (Lipinski definition) is 2. The van der Waals surface area contributed by atoms with Crippen molar-refractivity contribution in [2.45, 2.75) is 46.6 Å². The van der Waals surface area contributed by atoms with Gasteiger partial charge in [0, 0.05) is 32.3 Å². The van der Waals surface area contributed by atoms with Crippen LogP contribution in [0.25, 0.3) is 0 Å². The van der Waals surface area contributed by atoms with E-state index in [0.717, 1.165) is 30.8 Å². The van der Waals surface area contributed by atoms with Crippen LogP contribution >= 0.6 is 11.6 Å². The van der Waals surface area contributed by atoms with E-state index in [1.807, 2.05) is 7.05 Å². The zero-order valence-electron chi connectivity index (χ0n) is 12.6. The van der Waals surface area contributed by atoms with Crippen LogP contribution < -0.4 is 5.32 Å². The van der Waals surface area contributed by atoms with Crippen LogP contribution in [0, 0.1) is 5.41 Å². The first-order chi connectivity index (χ1) is 8.78. The van der Waals surface area contributed by atoms with Crippen LogP contribution in [-0.2, 0) is 13.6 Å². The third-order valence-electron chi connectivity index (χ3n) is 3.34. The minimum atomic E-state index is 0.0848. The number of rotatable bonds is 7. The average molecular weight is 288 g/mol. The Bertz CT molecular complexity index is 413. The van der Waals surface area contributed by atoms with Gasteiger partial charge < -0.3 is 10.4 Å². The molecule has 5 heteroatoms. The largest absolute Gasteiger partial charge is 0.396 e. The second kappa shape index (κ2) is 6.73. The maximum Gasteiger partial charge on any atom is 0.131 e. The van der Waals surface area contributed by atoms with Gasteiger partial charge in [-0.3, -0.25) is 4.68 Å². The number of aryl methyl sites for hydroxylation is 1. The molecule has 2 N–H and O–H groups in total. The summed E-state index contributed by atoms with van der Waals surface area (Å²) in [5.74, 6) is 0.362. The van der Waals surface area contributed by atoms with Crippen molar-refractivity contribution in [2.24, 2.45) is 12.5 Å². The summed E-state index contributed by atoms with van der Waals surface area (Å²) < 4.78 is 1.73. The second-order valence-electron chi connectivity index (χ2n) is 6.17. The number of aliphatic hydroxyl groups excluding tert-OH is 1. The van der Waals surface area contributed by atoms with Crippen molar-refractivity contribution < 1.29 is 5.11 Å². The molecule has 0 aromatic carbocycles. The summed E-state index contributed by atoms with van der Waals surface area (Å²) in [6.07, 6.45) is 0.789. The van der Waals surface area contributed by atoms with Gasteiger partial charge in [-0.15, -0.1) is 0 Å². The summed E-state index contributed by atoms with van der Waals surface area (Å²) in [5, 5.41) is 17.6.